The summed E-state index contributed by atoms with van der Waals surface area (Å²) in [5.41, 5.74) is -0.496. The molecule has 4 aliphatic rings. The summed E-state index contributed by atoms with van der Waals surface area (Å²) in [5.74, 6) is 2.18. The summed E-state index contributed by atoms with van der Waals surface area (Å²) in [6.45, 7) is 13.9. The molecule has 4 aliphatic heterocycles. The summed E-state index contributed by atoms with van der Waals surface area (Å²) < 4.78 is 92.5. The van der Waals surface area contributed by atoms with Crippen molar-refractivity contribution in [3.05, 3.63) is 69.8 Å². The molecule has 0 spiro atoms. The van der Waals surface area contributed by atoms with Gasteiger partial charge in [-0.2, -0.15) is 0 Å². The fourth-order valence-corrected chi connectivity index (χ4v) is 12.3. The van der Waals surface area contributed by atoms with E-state index in [0.717, 1.165) is 51.4 Å². The number of halogens is 2. The molecule has 0 aromatic carbocycles. The number of sulfone groups is 2. The Morgan fingerprint density at radius 1 is 0.603 bits per heavy atom. The predicted octanol–water partition coefficient (Wildman–Crippen LogP) is 6.79. The van der Waals surface area contributed by atoms with E-state index in [1.807, 2.05) is 9.13 Å². The van der Waals surface area contributed by atoms with E-state index in [9.17, 15) is 16.8 Å². The molecule has 0 bridgehead atoms. The van der Waals surface area contributed by atoms with Crippen LogP contribution in [0.2, 0.25) is 10.0 Å². The highest BCUT2D eigenvalue weighted by atomic mass is 35.5. The van der Waals surface area contributed by atoms with Crippen molar-refractivity contribution in [1.29, 1.82) is 0 Å². The van der Waals surface area contributed by atoms with Gasteiger partial charge < -0.3 is 37.6 Å². The summed E-state index contributed by atoms with van der Waals surface area (Å²) in [7, 11) is -4.54. The molecule has 6 atom stereocenters. The average molecular weight is 1030 g/mol. The molecule has 20 nitrogen and oxygen atoms in total. The molecule has 0 radical (unpaired) electrons. The van der Waals surface area contributed by atoms with E-state index in [0.29, 0.717) is 59.8 Å². The topological polar surface area (TPSA) is 237 Å². The van der Waals surface area contributed by atoms with Crippen LogP contribution in [0.15, 0.2) is 24.8 Å². The fourth-order valence-electron chi connectivity index (χ4n) is 9.27. The van der Waals surface area contributed by atoms with E-state index in [4.69, 9.17) is 51.6 Å². The van der Waals surface area contributed by atoms with Gasteiger partial charge in [-0.05, 0) is 92.9 Å². The lowest BCUT2D eigenvalue weighted by atomic mass is 10.0. The quantitative estimate of drug-likeness (QED) is 0.112. The number of aromatic nitrogens is 10. The SMILES string of the molecule is CO[C@H](c1ncc(Cl)cn1)[C@H](C)S(=O)(=O)Cc1nnc([C@@H]2CCC(C)(C)O2)n1C1CCOCC1.CO[C@H](c1ncc(Cl)cn1)[C@H](C)S(=O)(=O)Cc1nnc([C@H]2CCC(C)(C)O2)n1C1CCOCC1. The van der Waals surface area contributed by atoms with Crippen molar-refractivity contribution in [3.63, 3.8) is 0 Å². The summed E-state index contributed by atoms with van der Waals surface area (Å²) in [6.07, 6.45) is 10.1. The molecule has 376 valence electrons. The maximum absolute atomic E-state index is 13.5. The van der Waals surface area contributed by atoms with Crippen LogP contribution < -0.4 is 0 Å². The van der Waals surface area contributed by atoms with Gasteiger partial charge in [0, 0.05) is 77.5 Å². The van der Waals surface area contributed by atoms with Crippen LogP contribution in [-0.2, 0) is 59.6 Å². The van der Waals surface area contributed by atoms with Crippen LogP contribution in [0.1, 0.15) is 164 Å². The van der Waals surface area contributed by atoms with Gasteiger partial charge in [0.15, 0.2) is 43.0 Å². The standard InChI is InChI=1S/2C22H32ClN5O5S/c2*1-14(19(31-4)20-24-11-15(23)12-25-20)34(29,30)13-18-26-27-21(17-5-8-22(2,3)33-17)28(18)16-6-9-32-10-7-16/h2*11-12,14,16-17,19H,5-10,13H2,1-4H3/t14-,17+,19-;14-,17-,19-/m00/s1. The molecule has 0 aliphatic carbocycles. The van der Waals surface area contributed by atoms with Crippen LogP contribution in [0.5, 0.6) is 0 Å². The van der Waals surface area contributed by atoms with Gasteiger partial charge in [-0.15, -0.1) is 20.4 Å². The second-order valence-corrected chi connectivity index (χ2v) is 24.6. The Kier molecular flexibility index (Phi) is 17.0. The Bertz CT molecular complexity index is 2340. The molecule has 24 heteroatoms. The van der Waals surface area contributed by atoms with Crippen LogP contribution >= 0.6 is 23.2 Å². The molecule has 0 saturated carbocycles. The van der Waals surface area contributed by atoms with Crippen molar-refractivity contribution in [3.8, 4) is 0 Å². The van der Waals surface area contributed by atoms with Gasteiger partial charge in [-0.1, -0.05) is 23.2 Å². The van der Waals surface area contributed by atoms with Crippen LogP contribution in [0, 0.1) is 0 Å². The molecule has 8 rings (SSSR count). The third-order valence-corrected chi connectivity index (χ3v) is 17.6. The van der Waals surface area contributed by atoms with Crippen molar-refractivity contribution < 1.29 is 45.3 Å². The third-order valence-electron chi connectivity index (χ3n) is 13.2. The van der Waals surface area contributed by atoms with Crippen molar-refractivity contribution in [1.82, 2.24) is 49.5 Å². The smallest absolute Gasteiger partial charge is 0.163 e. The van der Waals surface area contributed by atoms with E-state index in [-0.39, 0.29) is 58.6 Å². The van der Waals surface area contributed by atoms with E-state index in [1.165, 1.54) is 39.0 Å². The lowest BCUT2D eigenvalue weighted by molar-refractivity contribution is -0.0237. The molecule has 4 fully saturated rings. The number of hydrogen-bond donors (Lipinski definition) is 0. The lowest BCUT2D eigenvalue weighted by Crippen LogP contribution is -2.31. The number of ether oxygens (including phenoxy) is 6. The minimum Gasteiger partial charge on any atom is -0.381 e. The first-order valence-corrected chi connectivity index (χ1v) is 27.2. The summed E-state index contributed by atoms with van der Waals surface area (Å²) >= 11 is 11.8. The molecular weight excluding hydrogens is 964 g/mol. The lowest BCUT2D eigenvalue weighted by Gasteiger charge is -2.28. The normalized spacial score (nSPS) is 23.1. The fraction of sp³-hybridized carbons (Fsp3) is 0.727. The molecule has 4 aromatic rings. The van der Waals surface area contributed by atoms with E-state index >= 15 is 0 Å². The molecular formula is C44H64Cl2N10O10S2. The van der Waals surface area contributed by atoms with Gasteiger partial charge in [0.25, 0.3) is 0 Å². The first kappa shape index (κ1) is 52.5. The zero-order valence-corrected chi connectivity index (χ0v) is 43.1. The second kappa shape index (κ2) is 22.0. The Balaban J connectivity index is 0.000000201. The molecule has 4 saturated heterocycles. The number of methoxy groups -OCH3 is 2. The Morgan fingerprint density at radius 2 is 0.941 bits per heavy atom. The number of hydrogen-bond acceptors (Lipinski definition) is 18. The Hall–Kier alpha value is -3.32. The molecule has 0 unspecified atom stereocenters. The third kappa shape index (κ3) is 12.4. The van der Waals surface area contributed by atoms with Crippen molar-refractivity contribution in [2.24, 2.45) is 0 Å². The minimum absolute atomic E-state index is 0.0596. The maximum Gasteiger partial charge on any atom is 0.163 e. The van der Waals surface area contributed by atoms with Gasteiger partial charge >= 0.3 is 0 Å². The maximum atomic E-state index is 13.5. The molecule has 4 aromatic heterocycles. The predicted molar refractivity (Wildman–Crippen MR) is 250 cm³/mol. The van der Waals surface area contributed by atoms with E-state index < -0.39 is 42.4 Å². The highest BCUT2D eigenvalue weighted by Gasteiger charge is 2.42. The summed E-state index contributed by atoms with van der Waals surface area (Å²) in [6, 6.07) is 0.119. The molecule has 8 heterocycles. The Morgan fingerprint density at radius 3 is 1.24 bits per heavy atom. The van der Waals surface area contributed by atoms with Crippen molar-refractivity contribution in [2.75, 3.05) is 40.6 Å². The number of nitrogens with zero attached hydrogens (tertiary/aromatic N) is 10. The first-order chi connectivity index (χ1) is 32.2. The van der Waals surface area contributed by atoms with Gasteiger partial charge in [0.1, 0.15) is 47.6 Å². The minimum atomic E-state index is -3.71. The summed E-state index contributed by atoms with van der Waals surface area (Å²) in [5, 5.41) is 16.4. The average Bonchev–Trinajstić information content (AvgIpc) is 4.10. The van der Waals surface area contributed by atoms with Crippen LogP contribution in [0.3, 0.4) is 0 Å². The van der Waals surface area contributed by atoms with E-state index in [1.54, 1.807) is 13.8 Å². The number of rotatable bonds is 16. The van der Waals surface area contributed by atoms with Crippen molar-refractivity contribution in [2.45, 2.75) is 163 Å². The Labute approximate surface area is 408 Å². The second-order valence-electron chi connectivity index (χ2n) is 19.0. The van der Waals surface area contributed by atoms with Crippen LogP contribution in [0.25, 0.3) is 0 Å². The van der Waals surface area contributed by atoms with Gasteiger partial charge in [0.05, 0.1) is 31.7 Å². The largest absolute Gasteiger partial charge is 0.381 e. The zero-order chi connectivity index (χ0) is 49.0. The monoisotopic (exact) mass is 1030 g/mol. The molecule has 0 amide bonds. The first-order valence-electron chi connectivity index (χ1n) is 23.0. The molecule has 0 N–H and O–H groups in total. The highest BCUT2D eigenvalue weighted by Crippen LogP contribution is 2.42. The van der Waals surface area contributed by atoms with Gasteiger partial charge in [-0.3, -0.25) is 0 Å². The van der Waals surface area contributed by atoms with Crippen LogP contribution in [-0.4, -0.2) is 129 Å². The van der Waals surface area contributed by atoms with Gasteiger partial charge in [-0.25, -0.2) is 36.8 Å². The highest BCUT2D eigenvalue weighted by molar-refractivity contribution is 7.91. The van der Waals surface area contributed by atoms with E-state index in [2.05, 4.69) is 68.0 Å². The van der Waals surface area contributed by atoms with Crippen molar-refractivity contribution >= 4 is 42.9 Å². The van der Waals surface area contributed by atoms with Gasteiger partial charge in [0.2, 0.25) is 0 Å². The zero-order valence-electron chi connectivity index (χ0n) is 40.0. The molecule has 68 heavy (non-hydrogen) atoms. The summed E-state index contributed by atoms with van der Waals surface area (Å²) in [4.78, 5) is 16.6. The van der Waals surface area contributed by atoms with Crippen LogP contribution in [0.4, 0.5) is 0 Å².